The molecule has 11 heteroatoms. The first kappa shape index (κ1) is 19.8. The zero-order valence-corrected chi connectivity index (χ0v) is 15.9. The van der Waals surface area contributed by atoms with Gasteiger partial charge >= 0.3 is 6.18 Å². The number of rotatable bonds is 4. The molecule has 4 rings (SSSR count). The third-order valence-electron chi connectivity index (χ3n) is 4.73. The van der Waals surface area contributed by atoms with Crippen molar-refractivity contribution in [3.63, 3.8) is 0 Å². The molecule has 1 fully saturated rings. The minimum Gasteiger partial charge on any atom is -0.363 e. The number of nitrogens with one attached hydrogen (secondary N) is 2. The number of aromatic nitrogens is 4. The summed E-state index contributed by atoms with van der Waals surface area (Å²) in [6.45, 7) is -0.463. The third-order valence-corrected chi connectivity index (χ3v) is 4.94. The standard InChI is InChI=1S/C18H17ClF4N6/c19-10-4-12-13(6-25-15(12)24-5-10)16-26-7-14(20)17(28-16)27-11-2-1-3-29(8-11)9-18(21,22)23/h4-7,11H,1-3,8-9H2,(H,24,25)(H,26,27,28)/t11-/m0/s1. The Morgan fingerprint density at radius 2 is 2.10 bits per heavy atom. The summed E-state index contributed by atoms with van der Waals surface area (Å²) in [5.41, 5.74) is 1.18. The van der Waals surface area contributed by atoms with Crippen LogP contribution in [0.3, 0.4) is 0 Å². The molecule has 0 aromatic carbocycles. The third kappa shape index (κ3) is 4.59. The summed E-state index contributed by atoms with van der Waals surface area (Å²) in [6.07, 6.45) is 1.13. The van der Waals surface area contributed by atoms with Gasteiger partial charge in [-0.1, -0.05) is 11.6 Å². The molecule has 0 radical (unpaired) electrons. The lowest BCUT2D eigenvalue weighted by Gasteiger charge is -2.33. The molecule has 3 aromatic heterocycles. The maximum Gasteiger partial charge on any atom is 0.401 e. The van der Waals surface area contributed by atoms with Crippen LogP contribution in [0.25, 0.3) is 22.4 Å². The number of anilines is 1. The van der Waals surface area contributed by atoms with Gasteiger partial charge in [-0.15, -0.1) is 0 Å². The van der Waals surface area contributed by atoms with Gasteiger partial charge in [0.25, 0.3) is 0 Å². The number of alkyl halides is 3. The molecular formula is C18H17ClF4N6. The van der Waals surface area contributed by atoms with E-state index in [1.54, 1.807) is 12.3 Å². The van der Waals surface area contributed by atoms with E-state index in [4.69, 9.17) is 11.6 Å². The Labute approximate surface area is 168 Å². The first-order valence-electron chi connectivity index (χ1n) is 9.00. The molecule has 0 unspecified atom stereocenters. The van der Waals surface area contributed by atoms with Crippen LogP contribution in [0.4, 0.5) is 23.4 Å². The Bertz CT molecular complexity index is 1020. The average molecular weight is 429 g/mol. The quantitative estimate of drug-likeness (QED) is 0.608. The summed E-state index contributed by atoms with van der Waals surface area (Å²) in [7, 11) is 0. The molecule has 0 bridgehead atoms. The highest BCUT2D eigenvalue weighted by Crippen LogP contribution is 2.29. The van der Waals surface area contributed by atoms with Crippen LogP contribution < -0.4 is 5.32 Å². The lowest BCUT2D eigenvalue weighted by molar-refractivity contribution is -0.147. The van der Waals surface area contributed by atoms with Gasteiger partial charge in [0, 0.05) is 35.9 Å². The van der Waals surface area contributed by atoms with E-state index in [-0.39, 0.29) is 24.2 Å². The van der Waals surface area contributed by atoms with Crippen LogP contribution in [0, 0.1) is 5.82 Å². The van der Waals surface area contributed by atoms with Crippen LogP contribution in [0.1, 0.15) is 12.8 Å². The zero-order chi connectivity index (χ0) is 20.6. The SMILES string of the molecule is Fc1cnc(-c2c[nH]c3ncc(Cl)cc23)nc1N[C@H]1CCCN(CC(F)(F)F)C1. The van der Waals surface area contributed by atoms with Crippen LogP contribution in [0.15, 0.2) is 24.7 Å². The fraction of sp³-hybridized carbons (Fsp3) is 0.389. The van der Waals surface area contributed by atoms with Crippen molar-refractivity contribution >= 4 is 28.5 Å². The number of pyridine rings is 1. The van der Waals surface area contributed by atoms with Gasteiger partial charge in [-0.25, -0.2) is 19.3 Å². The van der Waals surface area contributed by atoms with Crippen LogP contribution in [-0.2, 0) is 0 Å². The Hall–Kier alpha value is -2.46. The van der Waals surface area contributed by atoms with Crippen molar-refractivity contribution in [1.82, 2.24) is 24.8 Å². The van der Waals surface area contributed by atoms with E-state index in [0.29, 0.717) is 41.0 Å². The monoisotopic (exact) mass is 428 g/mol. The molecule has 0 spiro atoms. The number of fused-ring (bicyclic) bond motifs is 1. The van der Waals surface area contributed by atoms with Crippen molar-refractivity contribution in [2.24, 2.45) is 0 Å². The zero-order valence-electron chi connectivity index (χ0n) is 15.1. The second-order valence-electron chi connectivity index (χ2n) is 6.98. The van der Waals surface area contributed by atoms with E-state index in [2.05, 4.69) is 25.3 Å². The van der Waals surface area contributed by atoms with Crippen LogP contribution in [0.5, 0.6) is 0 Å². The van der Waals surface area contributed by atoms with Crippen molar-refractivity contribution < 1.29 is 17.6 Å². The Kier molecular flexibility index (Phi) is 5.30. The predicted octanol–water partition coefficient (Wildman–Crippen LogP) is 4.25. The predicted molar refractivity (Wildman–Crippen MR) is 101 cm³/mol. The molecule has 1 aliphatic heterocycles. The maximum absolute atomic E-state index is 14.3. The summed E-state index contributed by atoms with van der Waals surface area (Å²) >= 11 is 6.01. The summed E-state index contributed by atoms with van der Waals surface area (Å²) in [5.74, 6) is -0.455. The summed E-state index contributed by atoms with van der Waals surface area (Å²) in [5, 5.41) is 4.06. The van der Waals surface area contributed by atoms with Gasteiger partial charge in [0.2, 0.25) is 0 Å². The molecule has 154 valence electrons. The molecule has 1 saturated heterocycles. The van der Waals surface area contributed by atoms with Crippen molar-refractivity contribution in [3.8, 4) is 11.4 Å². The van der Waals surface area contributed by atoms with Crippen molar-refractivity contribution in [2.45, 2.75) is 25.1 Å². The maximum atomic E-state index is 14.3. The molecule has 29 heavy (non-hydrogen) atoms. The largest absolute Gasteiger partial charge is 0.401 e. The molecule has 4 heterocycles. The summed E-state index contributed by atoms with van der Waals surface area (Å²) < 4.78 is 52.3. The Morgan fingerprint density at radius 3 is 2.90 bits per heavy atom. The van der Waals surface area contributed by atoms with Crippen molar-refractivity contribution in [2.75, 3.05) is 25.0 Å². The fourth-order valence-corrected chi connectivity index (χ4v) is 3.68. The van der Waals surface area contributed by atoms with Crippen molar-refractivity contribution in [3.05, 3.63) is 35.5 Å². The molecular weight excluding hydrogens is 412 g/mol. The van der Waals surface area contributed by atoms with E-state index < -0.39 is 18.5 Å². The summed E-state index contributed by atoms with van der Waals surface area (Å²) in [4.78, 5) is 16.8. The number of piperidine rings is 1. The first-order valence-corrected chi connectivity index (χ1v) is 9.37. The second kappa shape index (κ2) is 7.75. The fourth-order valence-electron chi connectivity index (χ4n) is 3.52. The first-order chi connectivity index (χ1) is 13.8. The highest BCUT2D eigenvalue weighted by molar-refractivity contribution is 6.31. The average Bonchev–Trinajstić information content (AvgIpc) is 3.05. The Balaban J connectivity index is 1.56. The number of halogens is 5. The highest BCUT2D eigenvalue weighted by atomic mass is 35.5. The molecule has 3 aromatic rings. The van der Waals surface area contributed by atoms with E-state index in [0.717, 1.165) is 6.20 Å². The van der Waals surface area contributed by atoms with Crippen LogP contribution in [-0.4, -0.2) is 56.7 Å². The lowest BCUT2D eigenvalue weighted by Crippen LogP contribution is -2.46. The van der Waals surface area contributed by atoms with E-state index in [9.17, 15) is 17.6 Å². The number of H-pyrrole nitrogens is 1. The molecule has 1 aliphatic rings. The number of likely N-dealkylation sites (tertiary alicyclic amines) is 1. The number of hydrogen-bond donors (Lipinski definition) is 2. The smallest absolute Gasteiger partial charge is 0.363 e. The van der Waals surface area contributed by atoms with E-state index >= 15 is 0 Å². The van der Waals surface area contributed by atoms with Crippen LogP contribution in [0.2, 0.25) is 5.02 Å². The van der Waals surface area contributed by atoms with Crippen LogP contribution >= 0.6 is 11.6 Å². The molecule has 0 amide bonds. The topological polar surface area (TPSA) is 69.7 Å². The van der Waals surface area contributed by atoms with Gasteiger partial charge in [0.05, 0.1) is 17.8 Å². The number of nitrogens with zero attached hydrogens (tertiary/aromatic N) is 4. The minimum atomic E-state index is -4.26. The van der Waals surface area contributed by atoms with Gasteiger partial charge in [-0.2, -0.15) is 13.2 Å². The van der Waals surface area contributed by atoms with Gasteiger partial charge in [0.15, 0.2) is 17.5 Å². The molecule has 0 saturated carbocycles. The van der Waals surface area contributed by atoms with E-state index in [1.807, 2.05) is 0 Å². The summed E-state index contributed by atoms with van der Waals surface area (Å²) in [6, 6.07) is 1.36. The second-order valence-corrected chi connectivity index (χ2v) is 7.41. The molecule has 2 N–H and O–H groups in total. The van der Waals surface area contributed by atoms with E-state index in [1.165, 1.54) is 11.1 Å². The lowest BCUT2D eigenvalue weighted by atomic mass is 10.1. The van der Waals surface area contributed by atoms with Gasteiger partial charge in [-0.05, 0) is 25.5 Å². The molecule has 0 aliphatic carbocycles. The normalized spacial score (nSPS) is 18.3. The number of hydrogen-bond acceptors (Lipinski definition) is 5. The molecule has 6 nitrogen and oxygen atoms in total. The number of aromatic amines is 1. The minimum absolute atomic E-state index is 0.0433. The molecule has 1 atom stereocenters. The van der Waals surface area contributed by atoms with Gasteiger partial charge < -0.3 is 10.3 Å². The van der Waals surface area contributed by atoms with Crippen molar-refractivity contribution in [1.29, 1.82) is 0 Å². The van der Waals surface area contributed by atoms with Gasteiger partial charge in [-0.3, -0.25) is 4.90 Å². The van der Waals surface area contributed by atoms with Gasteiger partial charge in [0.1, 0.15) is 5.65 Å². The Morgan fingerprint density at radius 1 is 1.28 bits per heavy atom. The highest BCUT2D eigenvalue weighted by Gasteiger charge is 2.33.